The third-order valence-corrected chi connectivity index (χ3v) is 3.30. The first kappa shape index (κ1) is 19.2. The fourth-order valence-corrected chi connectivity index (χ4v) is 2.44. The zero-order valence-electron chi connectivity index (χ0n) is 14.3. The molecule has 0 saturated heterocycles. The summed E-state index contributed by atoms with van der Waals surface area (Å²) in [7, 11) is 0. The first-order valence-corrected chi connectivity index (χ1v) is 7.81. The number of carbonyl (C=O) groups excluding carboxylic acids is 1. The van der Waals surface area contributed by atoms with E-state index in [9.17, 15) is 14.7 Å². The van der Waals surface area contributed by atoms with Crippen molar-refractivity contribution in [2.75, 3.05) is 5.32 Å². The van der Waals surface area contributed by atoms with Crippen LogP contribution in [0.5, 0.6) is 0 Å². The minimum absolute atomic E-state index is 0.0103. The van der Waals surface area contributed by atoms with Crippen LogP contribution >= 0.6 is 11.6 Å². The number of ether oxygens (including phenoxy) is 1. The Hall–Kier alpha value is -1.82. The Balaban J connectivity index is 3.42. The number of rotatable bonds is 4. The van der Waals surface area contributed by atoms with E-state index in [-0.39, 0.29) is 22.3 Å². The lowest BCUT2D eigenvalue weighted by molar-refractivity contribution is 0.0636. The summed E-state index contributed by atoms with van der Waals surface area (Å²) >= 11 is 6.12. The van der Waals surface area contributed by atoms with Gasteiger partial charge in [0.2, 0.25) is 0 Å². The van der Waals surface area contributed by atoms with Crippen LogP contribution in [-0.4, -0.2) is 27.8 Å². The Morgan fingerprint density at radius 1 is 1.35 bits per heavy atom. The molecule has 0 saturated carbocycles. The molecule has 7 heteroatoms. The second-order valence-corrected chi connectivity index (χ2v) is 6.81. The third-order valence-electron chi connectivity index (χ3n) is 3.03. The molecule has 128 valence electrons. The molecule has 0 radical (unpaired) electrons. The third kappa shape index (κ3) is 4.82. The van der Waals surface area contributed by atoms with Gasteiger partial charge >= 0.3 is 12.1 Å². The fourth-order valence-electron chi connectivity index (χ4n) is 2.20. The van der Waals surface area contributed by atoms with E-state index in [1.165, 1.54) is 0 Å². The predicted molar refractivity (Wildman–Crippen MR) is 89.5 cm³/mol. The molecule has 0 aliphatic heterocycles. The Labute approximate surface area is 141 Å². The Morgan fingerprint density at radius 2 is 1.91 bits per heavy atom. The number of aromatic carboxylic acids is 1. The zero-order chi connectivity index (χ0) is 17.9. The first-order chi connectivity index (χ1) is 10.5. The van der Waals surface area contributed by atoms with Crippen molar-refractivity contribution in [1.82, 2.24) is 4.98 Å². The molecule has 1 heterocycles. The molecule has 0 aromatic carbocycles. The summed E-state index contributed by atoms with van der Waals surface area (Å²) < 4.78 is 5.15. The molecule has 6 nitrogen and oxygen atoms in total. The summed E-state index contributed by atoms with van der Waals surface area (Å²) in [4.78, 5) is 27.9. The molecule has 1 aromatic rings. The predicted octanol–water partition coefficient (Wildman–Crippen LogP) is 4.47. The van der Waals surface area contributed by atoms with Gasteiger partial charge in [0.05, 0.1) is 11.3 Å². The number of nitrogens with zero attached hydrogens (tertiary/aromatic N) is 1. The van der Waals surface area contributed by atoms with E-state index in [0.717, 1.165) is 0 Å². The van der Waals surface area contributed by atoms with Crippen LogP contribution in [-0.2, 0) is 11.2 Å². The van der Waals surface area contributed by atoms with Gasteiger partial charge in [-0.3, -0.25) is 5.32 Å². The summed E-state index contributed by atoms with van der Waals surface area (Å²) in [5, 5.41) is 11.9. The molecule has 0 unspecified atom stereocenters. The number of nitrogens with one attached hydrogen (secondary N) is 1. The minimum Gasteiger partial charge on any atom is -0.478 e. The van der Waals surface area contributed by atoms with Crippen LogP contribution < -0.4 is 5.32 Å². The van der Waals surface area contributed by atoms with Gasteiger partial charge in [-0.1, -0.05) is 32.4 Å². The number of amides is 1. The molecule has 1 amide bonds. The number of carboxylic acid groups (broad SMARTS) is 1. The monoisotopic (exact) mass is 342 g/mol. The van der Waals surface area contributed by atoms with Gasteiger partial charge in [0.15, 0.2) is 5.15 Å². The molecule has 1 rings (SSSR count). The number of carboxylic acids is 1. The standard InChI is InChI=1S/C16H23ClN2O4/c1-7-9-10(14(20)21)12(13(17)18-11(9)8(2)3)19-15(22)23-16(4,5)6/h8H,7H2,1-6H3,(H,19,22)(H,20,21). The van der Waals surface area contributed by atoms with E-state index < -0.39 is 17.7 Å². The van der Waals surface area contributed by atoms with E-state index in [2.05, 4.69) is 10.3 Å². The zero-order valence-corrected chi connectivity index (χ0v) is 15.0. The van der Waals surface area contributed by atoms with Crippen LogP contribution in [0, 0.1) is 0 Å². The van der Waals surface area contributed by atoms with E-state index in [4.69, 9.17) is 16.3 Å². The molecule has 0 fully saturated rings. The lowest BCUT2D eigenvalue weighted by Crippen LogP contribution is -2.28. The number of hydrogen-bond acceptors (Lipinski definition) is 4. The van der Waals surface area contributed by atoms with E-state index in [0.29, 0.717) is 17.7 Å². The average molecular weight is 343 g/mol. The Morgan fingerprint density at radius 3 is 2.30 bits per heavy atom. The van der Waals surface area contributed by atoms with Crippen molar-refractivity contribution in [2.24, 2.45) is 0 Å². The van der Waals surface area contributed by atoms with E-state index in [1.807, 2.05) is 20.8 Å². The van der Waals surface area contributed by atoms with Crippen molar-refractivity contribution in [3.63, 3.8) is 0 Å². The highest BCUT2D eigenvalue weighted by Gasteiger charge is 2.26. The molecule has 0 aliphatic rings. The van der Waals surface area contributed by atoms with Gasteiger partial charge in [-0.15, -0.1) is 0 Å². The van der Waals surface area contributed by atoms with Crippen LogP contribution in [0.2, 0.25) is 5.15 Å². The maximum absolute atomic E-state index is 12.0. The lowest BCUT2D eigenvalue weighted by Gasteiger charge is -2.22. The van der Waals surface area contributed by atoms with Crippen molar-refractivity contribution in [3.05, 3.63) is 22.0 Å². The van der Waals surface area contributed by atoms with Crippen LogP contribution in [0.1, 0.15) is 69.1 Å². The smallest absolute Gasteiger partial charge is 0.412 e. The summed E-state index contributed by atoms with van der Waals surface area (Å²) in [5.74, 6) is -1.16. The van der Waals surface area contributed by atoms with Gasteiger partial charge in [-0.25, -0.2) is 14.6 Å². The van der Waals surface area contributed by atoms with E-state index in [1.54, 1.807) is 20.8 Å². The second kappa shape index (κ2) is 7.17. The molecule has 2 N–H and O–H groups in total. The lowest BCUT2D eigenvalue weighted by atomic mass is 9.96. The number of aromatic nitrogens is 1. The number of halogens is 1. The largest absolute Gasteiger partial charge is 0.478 e. The van der Waals surface area contributed by atoms with Gasteiger partial charge in [-0.2, -0.15) is 0 Å². The molecule has 0 bridgehead atoms. The quantitative estimate of drug-likeness (QED) is 0.788. The normalized spacial score (nSPS) is 11.5. The molecule has 23 heavy (non-hydrogen) atoms. The van der Waals surface area contributed by atoms with E-state index >= 15 is 0 Å². The molecule has 0 spiro atoms. The fraction of sp³-hybridized carbons (Fsp3) is 0.562. The maximum Gasteiger partial charge on any atom is 0.412 e. The minimum atomic E-state index is -1.17. The number of hydrogen-bond donors (Lipinski definition) is 2. The number of carbonyl (C=O) groups is 2. The summed E-state index contributed by atoms with van der Waals surface area (Å²) in [6.45, 7) is 10.8. The van der Waals surface area contributed by atoms with Crippen molar-refractivity contribution in [3.8, 4) is 0 Å². The van der Waals surface area contributed by atoms with Crippen molar-refractivity contribution >= 4 is 29.4 Å². The van der Waals surface area contributed by atoms with Crippen molar-refractivity contribution < 1.29 is 19.4 Å². The Bertz CT molecular complexity index is 621. The van der Waals surface area contributed by atoms with Crippen LogP contribution in [0.3, 0.4) is 0 Å². The number of anilines is 1. The van der Waals surface area contributed by atoms with Crippen LogP contribution in [0.15, 0.2) is 0 Å². The topological polar surface area (TPSA) is 88.5 Å². The number of pyridine rings is 1. The molecule has 0 atom stereocenters. The highest BCUT2D eigenvalue weighted by atomic mass is 35.5. The highest BCUT2D eigenvalue weighted by molar-refractivity contribution is 6.33. The molecular formula is C16H23ClN2O4. The summed E-state index contributed by atoms with van der Waals surface area (Å²) in [6.07, 6.45) is -0.314. The maximum atomic E-state index is 12.0. The average Bonchev–Trinajstić information content (AvgIpc) is 2.37. The molecular weight excluding hydrogens is 320 g/mol. The van der Waals surface area contributed by atoms with Crippen molar-refractivity contribution in [1.29, 1.82) is 0 Å². The van der Waals surface area contributed by atoms with Crippen LogP contribution in [0.25, 0.3) is 0 Å². The van der Waals surface area contributed by atoms with Gasteiger partial charge in [0.25, 0.3) is 0 Å². The van der Waals surface area contributed by atoms with Gasteiger partial charge in [0, 0.05) is 5.69 Å². The SMILES string of the molecule is CCc1c(C(C)C)nc(Cl)c(NC(=O)OC(C)(C)C)c1C(=O)O. The first-order valence-electron chi connectivity index (χ1n) is 7.43. The summed E-state index contributed by atoms with van der Waals surface area (Å²) in [6, 6.07) is 0. The van der Waals surface area contributed by atoms with Gasteiger partial charge < -0.3 is 9.84 Å². The Kier molecular flexibility index (Phi) is 5.99. The second-order valence-electron chi connectivity index (χ2n) is 6.46. The molecule has 0 aliphatic carbocycles. The highest BCUT2D eigenvalue weighted by Crippen LogP contribution is 2.33. The van der Waals surface area contributed by atoms with Gasteiger partial charge in [0.1, 0.15) is 5.60 Å². The summed E-state index contributed by atoms with van der Waals surface area (Å²) in [5.41, 5.74) is 0.392. The molecule has 1 aromatic heterocycles. The van der Waals surface area contributed by atoms with Gasteiger partial charge in [-0.05, 0) is 38.7 Å². The van der Waals surface area contributed by atoms with Crippen molar-refractivity contribution in [2.45, 2.75) is 59.5 Å². The van der Waals surface area contributed by atoms with Crippen LogP contribution in [0.4, 0.5) is 10.5 Å².